The monoisotopic (exact) mass is 1320 g/mol. The van der Waals surface area contributed by atoms with Gasteiger partial charge in [-0.15, -0.1) is 0 Å². The molecule has 11 amide bonds. The first-order chi connectivity index (χ1) is 42.5. The van der Waals surface area contributed by atoms with Crippen molar-refractivity contribution in [3.8, 4) is 0 Å². The van der Waals surface area contributed by atoms with Crippen LogP contribution in [0, 0.1) is 17.8 Å². The number of carbonyl (C=O) groups excluding carboxylic acids is 11. The van der Waals surface area contributed by atoms with E-state index in [0.29, 0.717) is 36.3 Å². The van der Waals surface area contributed by atoms with Crippen molar-refractivity contribution in [3.05, 3.63) is 69.2 Å². The predicted octanol–water partition coefficient (Wildman–Crippen LogP) is 5.09. The number of nitrogens with one attached hydrogen (secondary N) is 4. The van der Waals surface area contributed by atoms with Gasteiger partial charge < -0.3 is 55.6 Å². The second kappa shape index (κ2) is 32.5. The molecule has 27 heteroatoms. The maximum Gasteiger partial charge on any atom is 0.417 e. The first kappa shape index (κ1) is 74.7. The quantitative estimate of drug-likeness (QED) is 0.244. The van der Waals surface area contributed by atoms with Crippen molar-refractivity contribution in [2.45, 2.75) is 180 Å². The third kappa shape index (κ3) is 19.5. The molecule has 2 aromatic rings. The first-order valence-corrected chi connectivity index (χ1v) is 31.9. The Kier molecular flexibility index (Phi) is 26.7. The molecule has 0 bridgehead atoms. The molecular formula is C64H92Cl2F3N11O11. The van der Waals surface area contributed by atoms with Crippen LogP contribution in [0.3, 0.4) is 0 Å². The fourth-order valence-electron chi connectivity index (χ4n) is 12.2. The van der Waals surface area contributed by atoms with Gasteiger partial charge in [0.15, 0.2) is 0 Å². The van der Waals surface area contributed by atoms with Crippen molar-refractivity contribution in [3.63, 3.8) is 0 Å². The SMILES string of the molecule is CC[C@H](C)[C@@H]1NC(=O)[C@H](CC(C)C)N(C)C(=O)C[C@@H](C)NC(=O)[C@H](C(C)C)N(C)C(=O)C2(CCCC2)NC(=O)[C@@H]2CCCN2C(=O)[C@H](CCc2ccc(C(F)(F)F)c(Cl)c2)NC(=O)CN(C)C(=O)[C@H](Cc2cccc(Cl)c2)N(C)C(=O)CN(C)C(=O)CN(C)C1=O. The van der Waals surface area contributed by atoms with Crippen molar-refractivity contribution in [2.24, 2.45) is 17.8 Å². The Morgan fingerprint density at radius 1 is 0.659 bits per heavy atom. The zero-order valence-electron chi connectivity index (χ0n) is 54.6. The molecule has 2 aliphatic heterocycles. The normalized spacial score (nSPS) is 24.9. The number of rotatable bonds is 10. The molecule has 1 saturated carbocycles. The van der Waals surface area contributed by atoms with Gasteiger partial charge in [-0.2, -0.15) is 13.2 Å². The third-order valence-corrected chi connectivity index (χ3v) is 18.2. The van der Waals surface area contributed by atoms with E-state index in [0.717, 1.165) is 31.7 Å². The third-order valence-electron chi connectivity index (χ3n) is 17.7. The van der Waals surface area contributed by atoms with Gasteiger partial charge in [0, 0.05) is 72.7 Å². The zero-order chi connectivity index (χ0) is 68.1. The summed E-state index contributed by atoms with van der Waals surface area (Å²) in [5, 5.41) is 11.2. The second-order valence-electron chi connectivity index (χ2n) is 25.7. The van der Waals surface area contributed by atoms with Gasteiger partial charge in [0.1, 0.15) is 41.8 Å². The van der Waals surface area contributed by atoms with E-state index in [-0.39, 0.29) is 69.4 Å². The lowest BCUT2D eigenvalue weighted by Gasteiger charge is -2.39. The standard InChI is InChI=1S/C64H92Cl2F3N11O11/c1-14-39(6)54-61(90)76(10)35-52(83)74(8)36-53(84)78(12)49(33-42-19-17-20-43(65)31-42)60(89)75(9)34-50(81)71-46(25-23-41-22-24-44(45(66)32-41)64(67,68)69)59(88)80-28-18-21-47(80)57(86)73-63(26-15-16-27-63)62(91)79(13)55(38(4)5)58(87)70-40(7)30-51(82)77(11)48(29-37(2)3)56(85)72-54/h17,19-20,22,24,31-32,37-40,46-49,54-55H,14-16,18,21,23,25-30,33-36H2,1-13H3,(H,70,87)(H,71,81)(H,72,85)(H,73,86)/t39-,40+,46-,47-,48-,49-,54-,55-/m0/s1. The molecule has 91 heavy (non-hydrogen) atoms. The van der Waals surface area contributed by atoms with E-state index in [4.69, 9.17) is 23.2 Å². The molecule has 1 aliphatic carbocycles. The Bertz CT molecular complexity index is 3000. The molecule has 22 nitrogen and oxygen atoms in total. The summed E-state index contributed by atoms with van der Waals surface area (Å²) in [6.07, 6.45) is -2.92. The summed E-state index contributed by atoms with van der Waals surface area (Å²) in [5.74, 6) is -8.38. The van der Waals surface area contributed by atoms with Crippen LogP contribution in [-0.2, 0) is 71.8 Å². The molecule has 3 aliphatic rings. The van der Waals surface area contributed by atoms with Crippen LogP contribution in [0.25, 0.3) is 0 Å². The summed E-state index contributed by atoms with van der Waals surface area (Å²) in [6.45, 7) is 10.6. The number of benzene rings is 2. The summed E-state index contributed by atoms with van der Waals surface area (Å²) in [4.78, 5) is 167. The van der Waals surface area contributed by atoms with Gasteiger partial charge in [-0.05, 0) is 105 Å². The van der Waals surface area contributed by atoms with Crippen LogP contribution < -0.4 is 21.3 Å². The molecule has 2 aromatic carbocycles. The number of aryl methyl sites for hydroxylation is 1. The summed E-state index contributed by atoms with van der Waals surface area (Å²) < 4.78 is 41.3. The van der Waals surface area contributed by atoms with Crippen LogP contribution in [0.5, 0.6) is 0 Å². The van der Waals surface area contributed by atoms with Crippen LogP contribution in [0.2, 0.25) is 10.0 Å². The Hall–Kier alpha value is -7.02. The van der Waals surface area contributed by atoms with Gasteiger partial charge in [-0.3, -0.25) is 52.7 Å². The Morgan fingerprint density at radius 3 is 1.88 bits per heavy atom. The van der Waals surface area contributed by atoms with Crippen LogP contribution in [-0.4, -0.2) is 216 Å². The summed E-state index contributed by atoms with van der Waals surface area (Å²) in [6, 6.07) is 1.52. The average molecular weight is 1320 g/mol. The highest BCUT2D eigenvalue weighted by Gasteiger charge is 2.49. The molecule has 0 radical (unpaired) electrons. The number of amides is 11. The van der Waals surface area contributed by atoms with Crippen molar-refractivity contribution >= 4 is 88.2 Å². The topological polar surface area (TPSA) is 259 Å². The minimum absolute atomic E-state index is 0.0339. The van der Waals surface area contributed by atoms with Crippen molar-refractivity contribution in [1.29, 1.82) is 0 Å². The van der Waals surface area contributed by atoms with Crippen molar-refractivity contribution < 1.29 is 65.9 Å². The highest BCUT2D eigenvalue weighted by molar-refractivity contribution is 6.31. The van der Waals surface area contributed by atoms with Crippen LogP contribution in [0.15, 0.2) is 42.5 Å². The van der Waals surface area contributed by atoms with E-state index in [1.54, 1.807) is 52.0 Å². The fourth-order valence-corrected chi connectivity index (χ4v) is 12.7. The second-order valence-corrected chi connectivity index (χ2v) is 26.5. The van der Waals surface area contributed by atoms with Gasteiger partial charge in [-0.25, -0.2) is 0 Å². The molecule has 8 atom stereocenters. The first-order valence-electron chi connectivity index (χ1n) is 31.2. The highest BCUT2D eigenvalue weighted by Crippen LogP contribution is 2.36. The van der Waals surface area contributed by atoms with Crippen molar-refractivity contribution in [1.82, 2.24) is 55.6 Å². The predicted molar refractivity (Wildman–Crippen MR) is 336 cm³/mol. The van der Waals surface area contributed by atoms with Crippen LogP contribution in [0.4, 0.5) is 13.2 Å². The Balaban J connectivity index is 1.56. The van der Waals surface area contributed by atoms with Gasteiger partial charge in [-0.1, -0.05) is 102 Å². The molecule has 0 aromatic heterocycles. The Labute approximate surface area is 542 Å². The number of nitrogens with zero attached hydrogens (tertiary/aromatic N) is 7. The van der Waals surface area contributed by atoms with Crippen LogP contribution >= 0.6 is 23.2 Å². The minimum atomic E-state index is -4.76. The molecule has 504 valence electrons. The molecule has 1 spiro atoms. The van der Waals surface area contributed by atoms with Gasteiger partial charge >= 0.3 is 6.18 Å². The van der Waals surface area contributed by atoms with E-state index >= 15 is 0 Å². The highest BCUT2D eigenvalue weighted by atomic mass is 35.5. The molecule has 5 rings (SSSR count). The lowest BCUT2D eigenvalue weighted by atomic mass is 9.92. The number of likely N-dealkylation sites (N-methyl/N-ethyl adjacent to an activating group) is 6. The van der Waals surface area contributed by atoms with Crippen LogP contribution in [0.1, 0.15) is 129 Å². The summed E-state index contributed by atoms with van der Waals surface area (Å²) >= 11 is 12.5. The lowest BCUT2D eigenvalue weighted by Crippen LogP contribution is -2.64. The van der Waals surface area contributed by atoms with E-state index in [1.807, 2.05) is 20.8 Å². The van der Waals surface area contributed by atoms with E-state index in [9.17, 15) is 65.9 Å². The minimum Gasteiger partial charge on any atom is -0.351 e. The Morgan fingerprint density at radius 2 is 1.29 bits per heavy atom. The number of fused-ring (bicyclic) bond motifs is 1. The maximum absolute atomic E-state index is 15.0. The maximum atomic E-state index is 15.0. The van der Waals surface area contributed by atoms with Gasteiger partial charge in [0.25, 0.3) is 0 Å². The van der Waals surface area contributed by atoms with E-state index < -0.39 is 161 Å². The number of carbonyl (C=O) groups is 11. The number of hydrogen-bond acceptors (Lipinski definition) is 11. The molecule has 3 fully saturated rings. The molecule has 0 unspecified atom stereocenters. The molecule has 4 N–H and O–H groups in total. The van der Waals surface area contributed by atoms with Gasteiger partial charge in [0.05, 0.1) is 30.2 Å². The molecular weight excluding hydrogens is 1230 g/mol. The number of alkyl halides is 3. The number of hydrogen-bond donors (Lipinski definition) is 4. The zero-order valence-corrected chi connectivity index (χ0v) is 56.2. The summed E-state index contributed by atoms with van der Waals surface area (Å²) in [5.41, 5.74) is -1.79. The summed E-state index contributed by atoms with van der Waals surface area (Å²) in [7, 11) is 8.28. The lowest BCUT2D eigenvalue weighted by molar-refractivity contribution is -0.149. The molecule has 2 heterocycles. The van der Waals surface area contributed by atoms with E-state index in [1.165, 1.54) is 63.1 Å². The fraction of sp³-hybridized carbons (Fsp3) is 0.641. The smallest absolute Gasteiger partial charge is 0.351 e. The van der Waals surface area contributed by atoms with Crippen molar-refractivity contribution in [2.75, 3.05) is 68.5 Å². The average Bonchev–Trinajstić information content (AvgIpc) is 1.75. The number of halogens is 5. The largest absolute Gasteiger partial charge is 0.417 e. The van der Waals surface area contributed by atoms with E-state index in [2.05, 4.69) is 21.3 Å². The molecule has 2 saturated heterocycles. The van der Waals surface area contributed by atoms with Gasteiger partial charge in [0.2, 0.25) is 65.0 Å².